The van der Waals surface area contributed by atoms with Gasteiger partial charge in [-0.2, -0.15) is 0 Å². The first-order chi connectivity index (χ1) is 13.0. The van der Waals surface area contributed by atoms with E-state index in [0.717, 1.165) is 31.3 Å². The Balaban J connectivity index is 1.81. The highest BCUT2D eigenvalue weighted by atomic mass is 79.9. The zero-order chi connectivity index (χ0) is 19.2. The van der Waals surface area contributed by atoms with Crippen molar-refractivity contribution in [3.63, 3.8) is 0 Å². The summed E-state index contributed by atoms with van der Waals surface area (Å²) in [6, 6.07) is 15.2. The summed E-state index contributed by atoms with van der Waals surface area (Å²) in [6.07, 6.45) is 3.21. The molecule has 138 valence electrons. The second-order valence-corrected chi connectivity index (χ2v) is 9.31. The van der Waals surface area contributed by atoms with Crippen LogP contribution in [0.3, 0.4) is 0 Å². The van der Waals surface area contributed by atoms with Gasteiger partial charge in [-0.15, -0.1) is 23.5 Å². The highest BCUT2D eigenvalue weighted by molar-refractivity contribution is 9.10. The molecule has 1 aliphatic heterocycles. The van der Waals surface area contributed by atoms with Crippen LogP contribution >= 0.6 is 39.5 Å². The van der Waals surface area contributed by atoms with Gasteiger partial charge >= 0.3 is 0 Å². The summed E-state index contributed by atoms with van der Waals surface area (Å²) in [6.45, 7) is 1.99. The van der Waals surface area contributed by atoms with Crippen LogP contribution in [0.4, 0.5) is 5.69 Å². The van der Waals surface area contributed by atoms with Gasteiger partial charge in [0.25, 0.3) is 5.91 Å². The standard InChI is InChI=1S/C21H18BrNO2S2/c1-14-2-9-17(10-3-14)23-20(25)19(21-26-12-13-27-21)18(24)11-6-15-4-7-16(22)8-5-15/h2-11H,12-13H2,1H3,(H,23,25)/b11-6+. The predicted octanol–water partition coefficient (Wildman–Crippen LogP) is 5.67. The Morgan fingerprint density at radius 3 is 2.26 bits per heavy atom. The minimum atomic E-state index is -0.360. The SMILES string of the molecule is Cc1ccc(NC(=O)C(C(=O)/C=C/c2ccc(Br)cc2)=C2SCCS2)cc1. The maximum Gasteiger partial charge on any atom is 0.261 e. The van der Waals surface area contributed by atoms with Gasteiger partial charge in [-0.3, -0.25) is 9.59 Å². The number of carbonyl (C=O) groups excluding carboxylic acids is 2. The number of nitrogens with one attached hydrogen (secondary N) is 1. The van der Waals surface area contributed by atoms with E-state index in [0.29, 0.717) is 5.69 Å². The van der Waals surface area contributed by atoms with Gasteiger partial charge in [0.1, 0.15) is 5.57 Å². The summed E-state index contributed by atoms with van der Waals surface area (Å²) >= 11 is 6.52. The monoisotopic (exact) mass is 459 g/mol. The molecule has 1 N–H and O–H groups in total. The summed E-state index contributed by atoms with van der Waals surface area (Å²) in [5.41, 5.74) is 2.92. The lowest BCUT2D eigenvalue weighted by atomic mass is 10.1. The Labute approximate surface area is 175 Å². The van der Waals surface area contributed by atoms with Crippen LogP contribution in [-0.4, -0.2) is 23.2 Å². The zero-order valence-corrected chi connectivity index (χ0v) is 17.9. The second kappa shape index (κ2) is 9.44. The van der Waals surface area contributed by atoms with E-state index in [9.17, 15) is 9.59 Å². The third-order valence-electron chi connectivity index (χ3n) is 3.83. The molecule has 1 aliphatic rings. The van der Waals surface area contributed by atoms with Gasteiger partial charge in [0.2, 0.25) is 0 Å². The number of carbonyl (C=O) groups is 2. The molecule has 1 amide bonds. The number of rotatable bonds is 5. The summed E-state index contributed by atoms with van der Waals surface area (Å²) in [7, 11) is 0. The van der Waals surface area contributed by atoms with Gasteiger partial charge in [-0.1, -0.05) is 51.8 Å². The van der Waals surface area contributed by atoms with Crippen molar-refractivity contribution in [2.75, 3.05) is 16.8 Å². The quantitative estimate of drug-likeness (QED) is 0.355. The molecule has 3 nitrogen and oxygen atoms in total. The number of hydrogen-bond acceptors (Lipinski definition) is 4. The average Bonchev–Trinajstić information content (AvgIpc) is 3.17. The molecule has 3 rings (SSSR count). The van der Waals surface area contributed by atoms with Crippen molar-refractivity contribution in [2.24, 2.45) is 0 Å². The summed E-state index contributed by atoms with van der Waals surface area (Å²) in [5.74, 6) is 1.18. The number of hydrogen-bond donors (Lipinski definition) is 1. The van der Waals surface area contributed by atoms with Crippen molar-refractivity contribution in [1.82, 2.24) is 0 Å². The van der Waals surface area contributed by atoms with Crippen LogP contribution in [0.15, 0.2) is 68.9 Å². The fourth-order valence-corrected chi connectivity index (χ4v) is 5.23. The van der Waals surface area contributed by atoms with E-state index < -0.39 is 0 Å². The Morgan fingerprint density at radius 1 is 1.00 bits per heavy atom. The molecule has 0 bridgehead atoms. The van der Waals surface area contributed by atoms with Gasteiger partial charge in [0.15, 0.2) is 5.78 Å². The largest absolute Gasteiger partial charge is 0.322 e. The van der Waals surface area contributed by atoms with Gasteiger partial charge in [0.05, 0.1) is 4.24 Å². The number of benzene rings is 2. The lowest BCUT2D eigenvalue weighted by molar-refractivity contribution is -0.117. The van der Waals surface area contributed by atoms with Crippen LogP contribution < -0.4 is 5.32 Å². The molecule has 0 aliphatic carbocycles. The topological polar surface area (TPSA) is 46.2 Å². The highest BCUT2D eigenvalue weighted by Gasteiger charge is 2.25. The molecule has 0 saturated carbocycles. The summed E-state index contributed by atoms with van der Waals surface area (Å²) in [5, 5.41) is 2.85. The number of amides is 1. The minimum Gasteiger partial charge on any atom is -0.322 e. The first-order valence-electron chi connectivity index (χ1n) is 8.39. The van der Waals surface area contributed by atoms with Crippen LogP contribution in [0.1, 0.15) is 11.1 Å². The van der Waals surface area contributed by atoms with Gasteiger partial charge in [-0.05, 0) is 42.8 Å². The molecular formula is C21H18BrNO2S2. The maximum absolute atomic E-state index is 12.8. The van der Waals surface area contributed by atoms with Gasteiger partial charge < -0.3 is 5.32 Å². The average molecular weight is 460 g/mol. The third kappa shape index (κ3) is 5.61. The van der Waals surface area contributed by atoms with Crippen LogP contribution in [0.2, 0.25) is 0 Å². The van der Waals surface area contributed by atoms with E-state index in [1.807, 2.05) is 55.5 Å². The van der Waals surface area contributed by atoms with Crippen molar-refractivity contribution < 1.29 is 9.59 Å². The van der Waals surface area contributed by atoms with E-state index in [-0.39, 0.29) is 17.3 Å². The van der Waals surface area contributed by atoms with E-state index >= 15 is 0 Å². The Bertz CT molecular complexity index is 895. The Morgan fingerprint density at radius 2 is 1.63 bits per heavy atom. The molecule has 0 aromatic heterocycles. The number of halogens is 1. The third-order valence-corrected chi connectivity index (χ3v) is 7.08. The smallest absolute Gasteiger partial charge is 0.261 e. The van der Waals surface area contributed by atoms with Crippen molar-refractivity contribution in [3.05, 3.63) is 80.0 Å². The van der Waals surface area contributed by atoms with Gasteiger partial charge in [0, 0.05) is 21.7 Å². The highest BCUT2D eigenvalue weighted by Crippen LogP contribution is 2.39. The van der Waals surface area contributed by atoms with Crippen LogP contribution in [0.5, 0.6) is 0 Å². The van der Waals surface area contributed by atoms with Crippen molar-refractivity contribution in [2.45, 2.75) is 6.92 Å². The normalized spacial score (nSPS) is 13.8. The number of ketones is 1. The van der Waals surface area contributed by atoms with Crippen LogP contribution in [0.25, 0.3) is 6.08 Å². The lowest BCUT2D eigenvalue weighted by Crippen LogP contribution is -2.20. The van der Waals surface area contributed by atoms with Crippen LogP contribution in [0, 0.1) is 6.92 Å². The van der Waals surface area contributed by atoms with Gasteiger partial charge in [-0.25, -0.2) is 0 Å². The van der Waals surface area contributed by atoms with E-state index in [1.54, 1.807) is 29.6 Å². The lowest BCUT2D eigenvalue weighted by Gasteiger charge is -2.09. The maximum atomic E-state index is 12.8. The first-order valence-corrected chi connectivity index (χ1v) is 11.2. The molecule has 6 heteroatoms. The molecule has 1 saturated heterocycles. The predicted molar refractivity (Wildman–Crippen MR) is 120 cm³/mol. The molecular weight excluding hydrogens is 442 g/mol. The van der Waals surface area contributed by atoms with E-state index in [2.05, 4.69) is 21.2 Å². The van der Waals surface area contributed by atoms with E-state index in [1.165, 1.54) is 6.08 Å². The molecule has 2 aromatic rings. The fraction of sp³-hybridized carbons (Fsp3) is 0.143. The number of allylic oxidation sites excluding steroid dienone is 1. The van der Waals surface area contributed by atoms with Crippen LogP contribution in [-0.2, 0) is 9.59 Å². The van der Waals surface area contributed by atoms with Crippen molar-refractivity contribution >= 4 is 62.9 Å². The van der Waals surface area contributed by atoms with Crippen molar-refractivity contribution in [1.29, 1.82) is 0 Å². The number of thioether (sulfide) groups is 2. The summed E-state index contributed by atoms with van der Waals surface area (Å²) in [4.78, 5) is 25.6. The van der Waals surface area contributed by atoms with E-state index in [4.69, 9.17) is 0 Å². The molecule has 27 heavy (non-hydrogen) atoms. The number of aryl methyl sites for hydroxylation is 1. The molecule has 0 radical (unpaired) electrons. The first kappa shape index (κ1) is 20.0. The fourth-order valence-electron chi connectivity index (χ4n) is 2.42. The molecule has 1 heterocycles. The molecule has 0 atom stereocenters. The molecule has 2 aromatic carbocycles. The minimum absolute atomic E-state index is 0.219. The Kier molecular flexibility index (Phi) is 6.99. The molecule has 1 fully saturated rings. The Hall–Kier alpha value is -1.76. The molecule has 0 spiro atoms. The number of anilines is 1. The zero-order valence-electron chi connectivity index (χ0n) is 14.7. The van der Waals surface area contributed by atoms with Crippen molar-refractivity contribution in [3.8, 4) is 0 Å². The molecule has 0 unspecified atom stereocenters. The second-order valence-electron chi connectivity index (χ2n) is 5.93. The summed E-state index contributed by atoms with van der Waals surface area (Å²) < 4.78 is 1.77.